The summed E-state index contributed by atoms with van der Waals surface area (Å²) in [6.45, 7) is 0. The Morgan fingerprint density at radius 3 is 1.39 bits per heavy atom. The first kappa shape index (κ1) is 17.6. The molecule has 0 spiro atoms. The standard InChI is InChI=1S/C22H16Br2N4/c1-27-19-11-15(23)7-9-17(19)25-21(27)13-3-5-14(6-4-13)22-26-18-10-8-16(24)12-20(18)28(22)2/h3-12H,1-2H3. The molecule has 0 fully saturated rings. The van der Waals surface area contributed by atoms with Gasteiger partial charge in [-0.2, -0.15) is 0 Å². The number of hydrogen-bond donors (Lipinski definition) is 0. The monoisotopic (exact) mass is 494 g/mol. The summed E-state index contributed by atoms with van der Waals surface area (Å²) >= 11 is 7.08. The highest BCUT2D eigenvalue weighted by molar-refractivity contribution is 9.10. The fourth-order valence-corrected chi connectivity index (χ4v) is 4.31. The van der Waals surface area contributed by atoms with Gasteiger partial charge in [-0.15, -0.1) is 0 Å². The van der Waals surface area contributed by atoms with E-state index >= 15 is 0 Å². The normalized spacial score (nSPS) is 11.6. The van der Waals surface area contributed by atoms with Crippen LogP contribution in [-0.2, 0) is 14.1 Å². The molecule has 0 aliphatic rings. The van der Waals surface area contributed by atoms with E-state index < -0.39 is 0 Å². The Bertz CT molecular complexity index is 1240. The van der Waals surface area contributed by atoms with E-state index in [9.17, 15) is 0 Å². The van der Waals surface area contributed by atoms with Gasteiger partial charge in [0.25, 0.3) is 0 Å². The molecule has 0 saturated heterocycles. The molecule has 2 heterocycles. The highest BCUT2D eigenvalue weighted by Gasteiger charge is 2.13. The molecule has 0 aliphatic carbocycles. The largest absolute Gasteiger partial charge is 0.327 e. The Kier molecular flexibility index (Phi) is 4.14. The van der Waals surface area contributed by atoms with Crippen LogP contribution in [0.5, 0.6) is 0 Å². The maximum Gasteiger partial charge on any atom is 0.140 e. The number of rotatable bonds is 2. The first-order chi connectivity index (χ1) is 13.5. The first-order valence-corrected chi connectivity index (χ1v) is 10.4. The SMILES string of the molecule is Cn1c(-c2ccc(-c3nc4ccc(Br)cc4n3C)cc2)nc2ccc(Br)cc21. The maximum absolute atomic E-state index is 4.80. The van der Waals surface area contributed by atoms with Crippen molar-refractivity contribution in [2.45, 2.75) is 0 Å². The van der Waals surface area contributed by atoms with Crippen LogP contribution in [-0.4, -0.2) is 19.1 Å². The third kappa shape index (κ3) is 2.79. The number of nitrogens with zero attached hydrogens (tertiary/aromatic N) is 4. The Labute approximate surface area is 179 Å². The minimum absolute atomic E-state index is 0.952. The molecular weight excluding hydrogens is 480 g/mol. The predicted octanol–water partition coefficient (Wildman–Crippen LogP) is 6.32. The molecular formula is C22H16Br2N4. The summed E-state index contributed by atoms with van der Waals surface area (Å²) in [5, 5.41) is 0. The Morgan fingerprint density at radius 1 is 0.607 bits per heavy atom. The van der Waals surface area contributed by atoms with Crippen molar-refractivity contribution in [2.24, 2.45) is 14.1 Å². The molecule has 2 aromatic heterocycles. The number of fused-ring (bicyclic) bond motifs is 2. The average Bonchev–Trinajstić information content (AvgIpc) is 3.19. The zero-order chi connectivity index (χ0) is 19.4. The lowest BCUT2D eigenvalue weighted by atomic mass is 10.1. The highest BCUT2D eigenvalue weighted by Crippen LogP contribution is 2.29. The van der Waals surface area contributed by atoms with Crippen LogP contribution >= 0.6 is 31.9 Å². The van der Waals surface area contributed by atoms with Crippen LogP contribution in [0.1, 0.15) is 0 Å². The van der Waals surface area contributed by atoms with Crippen molar-refractivity contribution >= 4 is 53.9 Å². The van der Waals surface area contributed by atoms with E-state index in [0.29, 0.717) is 0 Å². The van der Waals surface area contributed by atoms with E-state index in [0.717, 1.165) is 53.8 Å². The quantitative estimate of drug-likeness (QED) is 0.287. The van der Waals surface area contributed by atoms with E-state index in [1.54, 1.807) is 0 Å². The molecule has 0 atom stereocenters. The van der Waals surface area contributed by atoms with Crippen molar-refractivity contribution in [1.82, 2.24) is 19.1 Å². The third-order valence-electron chi connectivity index (χ3n) is 5.09. The molecule has 28 heavy (non-hydrogen) atoms. The van der Waals surface area contributed by atoms with Crippen molar-refractivity contribution in [3.8, 4) is 22.8 Å². The molecule has 4 nitrogen and oxygen atoms in total. The van der Waals surface area contributed by atoms with E-state index in [1.807, 2.05) is 38.4 Å². The van der Waals surface area contributed by atoms with Gasteiger partial charge in [0, 0.05) is 34.2 Å². The van der Waals surface area contributed by atoms with Crippen LogP contribution in [0.25, 0.3) is 44.8 Å². The van der Waals surface area contributed by atoms with Gasteiger partial charge in [0.05, 0.1) is 22.1 Å². The molecule has 5 rings (SSSR count). The summed E-state index contributed by atoms with van der Waals surface area (Å²) in [6, 6.07) is 20.8. The van der Waals surface area contributed by atoms with Gasteiger partial charge >= 0.3 is 0 Å². The molecule has 0 amide bonds. The predicted molar refractivity (Wildman–Crippen MR) is 121 cm³/mol. The molecule has 6 heteroatoms. The number of aryl methyl sites for hydroxylation is 2. The van der Waals surface area contributed by atoms with E-state index in [-0.39, 0.29) is 0 Å². The summed E-state index contributed by atoms with van der Waals surface area (Å²) in [5.74, 6) is 1.90. The minimum Gasteiger partial charge on any atom is -0.327 e. The summed E-state index contributed by atoms with van der Waals surface area (Å²) in [4.78, 5) is 9.61. The lowest BCUT2D eigenvalue weighted by Crippen LogP contribution is -1.94. The fourth-order valence-electron chi connectivity index (χ4n) is 3.61. The van der Waals surface area contributed by atoms with Gasteiger partial charge in [-0.25, -0.2) is 9.97 Å². The summed E-state index contributed by atoms with van der Waals surface area (Å²) in [6.07, 6.45) is 0. The van der Waals surface area contributed by atoms with E-state index in [4.69, 9.17) is 9.97 Å². The van der Waals surface area contributed by atoms with Crippen LogP contribution < -0.4 is 0 Å². The zero-order valence-electron chi connectivity index (χ0n) is 15.3. The van der Waals surface area contributed by atoms with Gasteiger partial charge in [-0.3, -0.25) is 0 Å². The van der Waals surface area contributed by atoms with Crippen molar-refractivity contribution in [3.05, 3.63) is 69.6 Å². The van der Waals surface area contributed by atoms with Gasteiger partial charge in [0.1, 0.15) is 11.6 Å². The van der Waals surface area contributed by atoms with Gasteiger partial charge in [-0.05, 0) is 36.4 Å². The van der Waals surface area contributed by atoms with Gasteiger partial charge in [0.2, 0.25) is 0 Å². The number of hydrogen-bond acceptors (Lipinski definition) is 2. The first-order valence-electron chi connectivity index (χ1n) is 8.86. The molecule has 0 bridgehead atoms. The van der Waals surface area contributed by atoms with E-state index in [2.05, 4.69) is 77.4 Å². The maximum atomic E-state index is 4.80. The van der Waals surface area contributed by atoms with Gasteiger partial charge < -0.3 is 9.13 Å². The van der Waals surface area contributed by atoms with Crippen molar-refractivity contribution < 1.29 is 0 Å². The van der Waals surface area contributed by atoms with Crippen LogP contribution in [0.2, 0.25) is 0 Å². The molecule has 138 valence electrons. The number of aromatic nitrogens is 4. The molecule has 0 saturated carbocycles. The smallest absolute Gasteiger partial charge is 0.140 e. The topological polar surface area (TPSA) is 35.6 Å². The summed E-state index contributed by atoms with van der Waals surface area (Å²) < 4.78 is 6.36. The Morgan fingerprint density at radius 2 is 1.00 bits per heavy atom. The van der Waals surface area contributed by atoms with Gasteiger partial charge in [-0.1, -0.05) is 56.1 Å². The second-order valence-corrected chi connectivity index (χ2v) is 8.66. The van der Waals surface area contributed by atoms with Crippen molar-refractivity contribution in [1.29, 1.82) is 0 Å². The summed E-state index contributed by atoms with van der Waals surface area (Å²) in [7, 11) is 4.10. The lowest BCUT2D eigenvalue weighted by molar-refractivity contribution is 0.955. The van der Waals surface area contributed by atoms with Crippen LogP contribution in [0.3, 0.4) is 0 Å². The molecule has 0 radical (unpaired) electrons. The third-order valence-corrected chi connectivity index (χ3v) is 6.07. The van der Waals surface area contributed by atoms with Crippen molar-refractivity contribution in [3.63, 3.8) is 0 Å². The molecule has 5 aromatic rings. The van der Waals surface area contributed by atoms with Crippen LogP contribution in [0.4, 0.5) is 0 Å². The lowest BCUT2D eigenvalue weighted by Gasteiger charge is -2.06. The summed E-state index contributed by atoms with van der Waals surface area (Å²) in [5.41, 5.74) is 6.36. The van der Waals surface area contributed by atoms with Crippen LogP contribution in [0.15, 0.2) is 69.6 Å². The second-order valence-electron chi connectivity index (χ2n) is 6.83. The molecule has 0 unspecified atom stereocenters. The minimum atomic E-state index is 0.952. The number of halogens is 2. The van der Waals surface area contributed by atoms with Crippen molar-refractivity contribution in [2.75, 3.05) is 0 Å². The Hall–Kier alpha value is -2.44. The second kappa shape index (κ2) is 6.57. The average molecular weight is 496 g/mol. The molecule has 0 N–H and O–H groups in total. The number of imidazole rings is 2. The van der Waals surface area contributed by atoms with E-state index in [1.165, 1.54) is 0 Å². The van der Waals surface area contributed by atoms with Crippen LogP contribution in [0, 0.1) is 0 Å². The molecule has 0 aliphatic heterocycles. The fraction of sp³-hybridized carbons (Fsp3) is 0.0909. The number of benzene rings is 3. The zero-order valence-corrected chi connectivity index (χ0v) is 18.5. The Balaban J connectivity index is 1.58. The molecule has 3 aromatic carbocycles. The van der Waals surface area contributed by atoms with Gasteiger partial charge in [0.15, 0.2) is 0 Å². The highest BCUT2D eigenvalue weighted by atomic mass is 79.9.